The lowest BCUT2D eigenvalue weighted by molar-refractivity contribution is 0.0964. The quantitative estimate of drug-likeness (QED) is 0.720. The van der Waals surface area contributed by atoms with Gasteiger partial charge >= 0.3 is 6.03 Å². The molecule has 0 atom stereocenters. The molecule has 0 radical (unpaired) electrons. The van der Waals surface area contributed by atoms with Crippen LogP contribution < -0.4 is 10.6 Å². The molecule has 0 aliphatic carbocycles. The van der Waals surface area contributed by atoms with Crippen LogP contribution >= 0.6 is 0 Å². The molecule has 0 saturated carbocycles. The van der Waals surface area contributed by atoms with Crippen molar-refractivity contribution in [2.24, 2.45) is 0 Å². The number of hydrogen-bond donors (Lipinski definition) is 2. The Bertz CT molecular complexity index is 324. The highest BCUT2D eigenvalue weighted by Gasteiger charge is 2.08. The fourth-order valence-electron chi connectivity index (χ4n) is 0.877. The molecular weight excluding hydrogens is 182 g/mol. The molecule has 0 unspecified atom stereocenters. The summed E-state index contributed by atoms with van der Waals surface area (Å²) in [5.74, 6) is -0.455. The molecule has 14 heavy (non-hydrogen) atoms. The van der Waals surface area contributed by atoms with Crippen LogP contribution in [0.25, 0.3) is 0 Å². The van der Waals surface area contributed by atoms with E-state index in [1.54, 1.807) is 25.3 Å². The SMILES string of the molecule is CCNC(=O)NC(=O)c1cccnc1. The molecular formula is C9H11N3O2. The van der Waals surface area contributed by atoms with Gasteiger partial charge in [-0.2, -0.15) is 0 Å². The Morgan fingerprint density at radius 2 is 2.29 bits per heavy atom. The van der Waals surface area contributed by atoms with Crippen molar-refractivity contribution in [3.63, 3.8) is 0 Å². The molecule has 0 fully saturated rings. The summed E-state index contributed by atoms with van der Waals surface area (Å²) in [5.41, 5.74) is 0.360. The van der Waals surface area contributed by atoms with Crippen molar-refractivity contribution in [3.05, 3.63) is 30.1 Å². The highest BCUT2D eigenvalue weighted by Crippen LogP contribution is 1.94. The third kappa shape index (κ3) is 2.85. The Labute approximate surface area is 81.5 Å². The van der Waals surface area contributed by atoms with Crippen LogP contribution in [0.3, 0.4) is 0 Å². The Kier molecular flexibility index (Phi) is 3.60. The van der Waals surface area contributed by atoms with E-state index < -0.39 is 11.9 Å². The molecule has 5 nitrogen and oxygen atoms in total. The van der Waals surface area contributed by atoms with Crippen LogP contribution in [0.5, 0.6) is 0 Å². The van der Waals surface area contributed by atoms with Crippen molar-refractivity contribution in [1.29, 1.82) is 0 Å². The fourth-order valence-corrected chi connectivity index (χ4v) is 0.877. The van der Waals surface area contributed by atoms with E-state index in [-0.39, 0.29) is 0 Å². The lowest BCUT2D eigenvalue weighted by Gasteiger charge is -2.03. The number of nitrogens with one attached hydrogen (secondary N) is 2. The van der Waals surface area contributed by atoms with Crippen LogP contribution in [0.15, 0.2) is 24.5 Å². The first-order valence-electron chi connectivity index (χ1n) is 4.23. The Balaban J connectivity index is 2.55. The molecule has 0 bridgehead atoms. The molecule has 0 aliphatic heterocycles. The van der Waals surface area contributed by atoms with Gasteiger partial charge < -0.3 is 5.32 Å². The zero-order valence-electron chi connectivity index (χ0n) is 7.78. The molecule has 0 aromatic carbocycles. The predicted molar refractivity (Wildman–Crippen MR) is 50.8 cm³/mol. The van der Waals surface area contributed by atoms with Gasteiger partial charge in [-0.3, -0.25) is 15.1 Å². The van der Waals surface area contributed by atoms with Gasteiger partial charge in [0.2, 0.25) is 0 Å². The minimum absolute atomic E-state index is 0.360. The first kappa shape index (κ1) is 10.2. The van der Waals surface area contributed by atoms with Gasteiger partial charge in [-0.15, -0.1) is 0 Å². The highest BCUT2D eigenvalue weighted by molar-refractivity contribution is 6.03. The first-order chi connectivity index (χ1) is 6.74. The second-order valence-electron chi connectivity index (χ2n) is 2.56. The average Bonchev–Trinajstić information content (AvgIpc) is 2.19. The van der Waals surface area contributed by atoms with E-state index in [2.05, 4.69) is 15.6 Å². The number of hydrogen-bond acceptors (Lipinski definition) is 3. The van der Waals surface area contributed by atoms with E-state index in [4.69, 9.17) is 0 Å². The molecule has 0 spiro atoms. The molecule has 1 aromatic rings. The minimum atomic E-state index is -0.499. The number of aromatic nitrogens is 1. The van der Waals surface area contributed by atoms with E-state index in [1.165, 1.54) is 6.20 Å². The van der Waals surface area contributed by atoms with Gasteiger partial charge in [0.25, 0.3) is 5.91 Å². The number of nitrogens with zero attached hydrogens (tertiary/aromatic N) is 1. The van der Waals surface area contributed by atoms with E-state index in [1.807, 2.05) is 0 Å². The van der Waals surface area contributed by atoms with Crippen molar-refractivity contribution < 1.29 is 9.59 Å². The molecule has 2 N–H and O–H groups in total. The van der Waals surface area contributed by atoms with Crippen molar-refractivity contribution in [2.75, 3.05) is 6.54 Å². The van der Waals surface area contributed by atoms with Gasteiger partial charge in [-0.05, 0) is 19.1 Å². The summed E-state index contributed by atoms with van der Waals surface area (Å²) in [6.07, 6.45) is 2.96. The highest BCUT2D eigenvalue weighted by atomic mass is 16.2. The molecule has 1 heterocycles. The zero-order valence-corrected chi connectivity index (χ0v) is 7.78. The number of carbonyl (C=O) groups is 2. The summed E-state index contributed by atoms with van der Waals surface area (Å²) in [6.45, 7) is 2.25. The maximum absolute atomic E-state index is 11.3. The molecule has 0 saturated heterocycles. The van der Waals surface area contributed by atoms with Crippen LogP contribution in [0.4, 0.5) is 4.79 Å². The van der Waals surface area contributed by atoms with Crippen LogP contribution in [-0.4, -0.2) is 23.5 Å². The topological polar surface area (TPSA) is 71.1 Å². The third-order valence-electron chi connectivity index (χ3n) is 1.49. The van der Waals surface area contributed by atoms with E-state index in [0.29, 0.717) is 12.1 Å². The summed E-state index contributed by atoms with van der Waals surface area (Å²) in [5, 5.41) is 4.62. The number of carbonyl (C=O) groups excluding carboxylic acids is 2. The van der Waals surface area contributed by atoms with Gasteiger partial charge in [0, 0.05) is 18.9 Å². The van der Waals surface area contributed by atoms with Gasteiger partial charge in [-0.25, -0.2) is 4.79 Å². The molecule has 3 amide bonds. The summed E-state index contributed by atoms with van der Waals surface area (Å²) in [4.78, 5) is 26.0. The lowest BCUT2D eigenvalue weighted by atomic mass is 10.3. The number of pyridine rings is 1. The van der Waals surface area contributed by atoms with Gasteiger partial charge in [-0.1, -0.05) is 0 Å². The summed E-state index contributed by atoms with van der Waals surface area (Å²) < 4.78 is 0. The maximum atomic E-state index is 11.3. The largest absolute Gasteiger partial charge is 0.338 e. The van der Waals surface area contributed by atoms with Crippen LogP contribution in [-0.2, 0) is 0 Å². The van der Waals surface area contributed by atoms with Gasteiger partial charge in [0.05, 0.1) is 5.56 Å². The number of urea groups is 1. The first-order valence-corrected chi connectivity index (χ1v) is 4.23. The Hall–Kier alpha value is -1.91. The van der Waals surface area contributed by atoms with Crippen LogP contribution in [0.1, 0.15) is 17.3 Å². The molecule has 1 rings (SSSR count). The van der Waals surface area contributed by atoms with E-state index >= 15 is 0 Å². The van der Waals surface area contributed by atoms with E-state index in [0.717, 1.165) is 0 Å². The molecule has 1 aromatic heterocycles. The Morgan fingerprint density at radius 3 is 2.86 bits per heavy atom. The zero-order chi connectivity index (χ0) is 10.4. The van der Waals surface area contributed by atoms with Crippen molar-refractivity contribution in [3.8, 4) is 0 Å². The number of imide groups is 1. The number of rotatable bonds is 2. The van der Waals surface area contributed by atoms with E-state index in [9.17, 15) is 9.59 Å². The molecule has 5 heteroatoms. The molecule has 0 aliphatic rings. The smallest absolute Gasteiger partial charge is 0.321 e. The summed E-state index contributed by atoms with van der Waals surface area (Å²) >= 11 is 0. The van der Waals surface area contributed by atoms with Crippen LogP contribution in [0, 0.1) is 0 Å². The van der Waals surface area contributed by atoms with Crippen molar-refractivity contribution in [2.45, 2.75) is 6.92 Å². The fraction of sp³-hybridized carbons (Fsp3) is 0.222. The second-order valence-corrected chi connectivity index (χ2v) is 2.56. The van der Waals surface area contributed by atoms with Gasteiger partial charge in [0.15, 0.2) is 0 Å². The predicted octanol–water partition coefficient (Wildman–Crippen LogP) is 0.541. The number of amides is 3. The maximum Gasteiger partial charge on any atom is 0.321 e. The summed E-state index contributed by atoms with van der Waals surface area (Å²) in [7, 11) is 0. The van der Waals surface area contributed by atoms with Crippen molar-refractivity contribution >= 4 is 11.9 Å². The van der Waals surface area contributed by atoms with Gasteiger partial charge in [0.1, 0.15) is 0 Å². The standard InChI is InChI=1S/C9H11N3O2/c1-2-11-9(14)12-8(13)7-4-3-5-10-6-7/h3-6H,2H2,1H3,(H2,11,12,13,14). The lowest BCUT2D eigenvalue weighted by Crippen LogP contribution is -2.39. The normalized spacial score (nSPS) is 9.21. The summed E-state index contributed by atoms with van der Waals surface area (Å²) in [6, 6.07) is 2.72. The minimum Gasteiger partial charge on any atom is -0.338 e. The monoisotopic (exact) mass is 193 g/mol. The third-order valence-corrected chi connectivity index (χ3v) is 1.49. The molecule has 74 valence electrons. The van der Waals surface area contributed by atoms with Crippen LogP contribution in [0.2, 0.25) is 0 Å². The Morgan fingerprint density at radius 1 is 1.50 bits per heavy atom. The second kappa shape index (κ2) is 4.96. The average molecular weight is 193 g/mol. The van der Waals surface area contributed by atoms with Crippen molar-refractivity contribution in [1.82, 2.24) is 15.6 Å².